The Morgan fingerprint density at radius 1 is 1.11 bits per heavy atom. The monoisotopic (exact) mass is 241 g/mol. The van der Waals surface area contributed by atoms with Gasteiger partial charge >= 0.3 is 0 Å². The molecule has 0 unspecified atom stereocenters. The van der Waals surface area contributed by atoms with E-state index in [1.54, 1.807) is 0 Å². The van der Waals surface area contributed by atoms with Gasteiger partial charge in [-0.05, 0) is 18.1 Å². The van der Waals surface area contributed by atoms with Gasteiger partial charge in [-0.1, -0.05) is 30.3 Å². The van der Waals surface area contributed by atoms with Crippen molar-refractivity contribution in [1.82, 2.24) is 4.98 Å². The molecular weight excluding hydrogens is 222 g/mol. The van der Waals surface area contributed by atoms with E-state index in [9.17, 15) is 0 Å². The first-order valence-electron chi connectivity index (χ1n) is 6.16. The zero-order valence-corrected chi connectivity index (χ0v) is 10.9. The number of aromatic nitrogens is 1. The predicted molar refractivity (Wildman–Crippen MR) is 77.2 cm³/mol. The number of hydrogen-bond acceptors (Lipinski definition) is 3. The molecule has 1 N–H and O–H groups in total. The van der Waals surface area contributed by atoms with Crippen LogP contribution in [0.4, 0.5) is 11.4 Å². The third-order valence-electron chi connectivity index (χ3n) is 2.85. The summed E-state index contributed by atoms with van der Waals surface area (Å²) in [6, 6.07) is 12.5. The Hall–Kier alpha value is -2.03. The van der Waals surface area contributed by atoms with Crippen LogP contribution in [-0.4, -0.2) is 25.6 Å². The smallest absolute Gasteiger partial charge is 0.0764 e. The van der Waals surface area contributed by atoms with Gasteiger partial charge in [0.15, 0.2) is 0 Å². The summed E-state index contributed by atoms with van der Waals surface area (Å²) in [4.78, 5) is 6.25. The second-order valence-corrected chi connectivity index (χ2v) is 4.45. The van der Waals surface area contributed by atoms with Crippen molar-refractivity contribution in [2.24, 2.45) is 0 Å². The Morgan fingerprint density at radius 3 is 2.61 bits per heavy atom. The minimum absolute atomic E-state index is 0.913. The summed E-state index contributed by atoms with van der Waals surface area (Å²) in [6.07, 6.45) is 4.71. The number of benzene rings is 1. The summed E-state index contributed by atoms with van der Waals surface area (Å²) >= 11 is 0. The van der Waals surface area contributed by atoms with Crippen LogP contribution in [0, 0.1) is 0 Å². The topological polar surface area (TPSA) is 28.2 Å². The van der Waals surface area contributed by atoms with Crippen LogP contribution < -0.4 is 10.2 Å². The molecule has 0 aliphatic rings. The molecule has 94 valence electrons. The van der Waals surface area contributed by atoms with Gasteiger partial charge in [0.2, 0.25) is 0 Å². The lowest BCUT2D eigenvalue weighted by Gasteiger charge is -2.17. The number of anilines is 2. The molecular formula is C15H19N3. The summed E-state index contributed by atoms with van der Waals surface area (Å²) < 4.78 is 0. The summed E-state index contributed by atoms with van der Waals surface area (Å²) in [6.45, 7) is 0.913. The van der Waals surface area contributed by atoms with Crippen LogP contribution in [0.25, 0.3) is 0 Å². The largest absolute Gasteiger partial charge is 0.382 e. The van der Waals surface area contributed by atoms with Crippen LogP contribution in [0.5, 0.6) is 0 Å². The molecule has 0 saturated carbocycles. The average Bonchev–Trinajstić information content (AvgIpc) is 2.40. The molecule has 0 aliphatic carbocycles. The second kappa shape index (κ2) is 6.05. The summed E-state index contributed by atoms with van der Waals surface area (Å²) in [5.74, 6) is 0. The lowest BCUT2D eigenvalue weighted by molar-refractivity contribution is 1.01. The normalized spacial score (nSPS) is 10.1. The highest BCUT2D eigenvalue weighted by molar-refractivity contribution is 5.68. The van der Waals surface area contributed by atoms with Gasteiger partial charge in [-0.3, -0.25) is 4.98 Å². The molecule has 0 atom stereocenters. The molecule has 0 spiro atoms. The van der Waals surface area contributed by atoms with Crippen LogP contribution >= 0.6 is 0 Å². The standard InChI is InChI=1S/C15H19N3/c1-18(2)15-9-10-16-12-14(15)17-11-8-13-6-4-3-5-7-13/h3-7,9-10,12,17H,8,11H2,1-2H3. The minimum Gasteiger partial charge on any atom is -0.382 e. The van der Waals surface area contributed by atoms with Gasteiger partial charge in [0.05, 0.1) is 17.6 Å². The Labute approximate surface area is 108 Å². The highest BCUT2D eigenvalue weighted by Gasteiger charge is 2.03. The molecule has 3 nitrogen and oxygen atoms in total. The van der Waals surface area contributed by atoms with Crippen LogP contribution in [0.1, 0.15) is 5.56 Å². The van der Waals surface area contributed by atoms with E-state index in [2.05, 4.69) is 39.5 Å². The molecule has 0 amide bonds. The van der Waals surface area contributed by atoms with E-state index in [1.165, 1.54) is 5.56 Å². The maximum absolute atomic E-state index is 4.16. The van der Waals surface area contributed by atoms with Crippen LogP contribution in [0.15, 0.2) is 48.8 Å². The van der Waals surface area contributed by atoms with E-state index in [0.717, 1.165) is 24.3 Å². The fourth-order valence-electron chi connectivity index (χ4n) is 1.90. The maximum Gasteiger partial charge on any atom is 0.0764 e. The van der Waals surface area contributed by atoms with Gasteiger partial charge in [0.25, 0.3) is 0 Å². The van der Waals surface area contributed by atoms with E-state index in [4.69, 9.17) is 0 Å². The van der Waals surface area contributed by atoms with Crippen molar-refractivity contribution in [3.8, 4) is 0 Å². The van der Waals surface area contributed by atoms with Crippen molar-refractivity contribution in [2.45, 2.75) is 6.42 Å². The number of pyridine rings is 1. The molecule has 0 bridgehead atoms. The van der Waals surface area contributed by atoms with Crippen LogP contribution in [-0.2, 0) is 6.42 Å². The van der Waals surface area contributed by atoms with Crippen LogP contribution in [0.3, 0.4) is 0 Å². The van der Waals surface area contributed by atoms with Gasteiger partial charge in [0.1, 0.15) is 0 Å². The molecule has 1 aromatic carbocycles. The molecule has 0 saturated heterocycles. The first kappa shape index (κ1) is 12.4. The molecule has 1 aromatic heterocycles. The molecule has 18 heavy (non-hydrogen) atoms. The summed E-state index contributed by atoms with van der Waals surface area (Å²) in [5, 5.41) is 3.44. The Balaban J connectivity index is 1.94. The lowest BCUT2D eigenvalue weighted by Crippen LogP contribution is -2.13. The van der Waals surface area contributed by atoms with Crippen molar-refractivity contribution < 1.29 is 0 Å². The third-order valence-corrected chi connectivity index (χ3v) is 2.85. The van der Waals surface area contributed by atoms with Crippen molar-refractivity contribution in [3.05, 3.63) is 54.4 Å². The first-order valence-corrected chi connectivity index (χ1v) is 6.16. The zero-order chi connectivity index (χ0) is 12.8. The van der Waals surface area contributed by atoms with Gasteiger partial charge in [-0.2, -0.15) is 0 Å². The van der Waals surface area contributed by atoms with Crippen molar-refractivity contribution >= 4 is 11.4 Å². The van der Waals surface area contributed by atoms with E-state index in [0.29, 0.717) is 0 Å². The van der Waals surface area contributed by atoms with E-state index in [-0.39, 0.29) is 0 Å². The fraction of sp³-hybridized carbons (Fsp3) is 0.267. The van der Waals surface area contributed by atoms with E-state index >= 15 is 0 Å². The Bertz CT molecular complexity index is 480. The van der Waals surface area contributed by atoms with E-state index in [1.807, 2.05) is 38.6 Å². The summed E-state index contributed by atoms with van der Waals surface area (Å²) in [5.41, 5.74) is 3.59. The number of hydrogen-bond donors (Lipinski definition) is 1. The second-order valence-electron chi connectivity index (χ2n) is 4.45. The number of nitrogens with one attached hydrogen (secondary N) is 1. The van der Waals surface area contributed by atoms with Gasteiger partial charge in [0, 0.05) is 26.8 Å². The zero-order valence-electron chi connectivity index (χ0n) is 10.9. The molecule has 1 heterocycles. The molecule has 0 radical (unpaired) electrons. The maximum atomic E-state index is 4.16. The molecule has 0 fully saturated rings. The minimum atomic E-state index is 0.913. The van der Waals surface area contributed by atoms with Gasteiger partial charge in [-0.25, -0.2) is 0 Å². The Morgan fingerprint density at radius 2 is 1.89 bits per heavy atom. The van der Waals surface area contributed by atoms with Crippen molar-refractivity contribution in [2.75, 3.05) is 30.9 Å². The quantitative estimate of drug-likeness (QED) is 0.872. The van der Waals surface area contributed by atoms with Crippen molar-refractivity contribution in [1.29, 1.82) is 0 Å². The highest BCUT2D eigenvalue weighted by Crippen LogP contribution is 2.21. The molecule has 3 heteroatoms. The summed E-state index contributed by atoms with van der Waals surface area (Å²) in [7, 11) is 4.08. The third kappa shape index (κ3) is 3.23. The number of rotatable bonds is 5. The molecule has 2 rings (SSSR count). The van der Waals surface area contributed by atoms with Crippen LogP contribution in [0.2, 0.25) is 0 Å². The van der Waals surface area contributed by atoms with Gasteiger partial charge < -0.3 is 10.2 Å². The van der Waals surface area contributed by atoms with Crippen molar-refractivity contribution in [3.63, 3.8) is 0 Å². The van der Waals surface area contributed by atoms with E-state index < -0.39 is 0 Å². The predicted octanol–water partition coefficient (Wildman–Crippen LogP) is 2.80. The fourth-order valence-corrected chi connectivity index (χ4v) is 1.90. The highest BCUT2D eigenvalue weighted by atomic mass is 15.1. The molecule has 2 aromatic rings. The average molecular weight is 241 g/mol. The van der Waals surface area contributed by atoms with Gasteiger partial charge in [-0.15, -0.1) is 0 Å². The SMILES string of the molecule is CN(C)c1ccncc1NCCc1ccccc1. The Kier molecular flexibility index (Phi) is 4.18. The molecule has 0 aliphatic heterocycles. The first-order chi connectivity index (χ1) is 8.77. The number of nitrogens with zero attached hydrogens (tertiary/aromatic N) is 2. The lowest BCUT2D eigenvalue weighted by atomic mass is 10.1.